The van der Waals surface area contributed by atoms with E-state index in [2.05, 4.69) is 43.2 Å². The first-order valence-electron chi connectivity index (χ1n) is 12.7. The molecule has 1 aromatic carbocycles. The maximum Gasteiger partial charge on any atom is 0.673 e. The summed E-state index contributed by atoms with van der Waals surface area (Å²) >= 11 is 0. The van der Waals surface area contributed by atoms with Crippen LogP contribution in [-0.4, -0.2) is 32.0 Å². The summed E-state index contributed by atoms with van der Waals surface area (Å²) < 4.78 is 76.1. The molecule has 1 aliphatic carbocycles. The van der Waals surface area contributed by atoms with Crippen LogP contribution in [-0.2, 0) is 15.5 Å². The van der Waals surface area contributed by atoms with Gasteiger partial charge >= 0.3 is 7.25 Å². The van der Waals surface area contributed by atoms with E-state index in [1.165, 1.54) is 0 Å². The van der Waals surface area contributed by atoms with E-state index in [0.29, 0.717) is 12.8 Å². The van der Waals surface area contributed by atoms with E-state index in [1.807, 2.05) is 73.8 Å². The molecule has 2 aliphatic rings. The molecule has 1 unspecified atom stereocenters. The summed E-state index contributed by atoms with van der Waals surface area (Å²) in [7, 11) is -9.93. The van der Waals surface area contributed by atoms with Gasteiger partial charge in [0.25, 0.3) is 10.1 Å². The highest BCUT2D eigenvalue weighted by atomic mass is 32.2. The molecule has 0 radical (unpaired) electrons. The zero-order valence-corrected chi connectivity index (χ0v) is 23.7. The first-order valence-corrected chi connectivity index (χ1v) is 14.3. The monoisotopic (exact) mass is 582 g/mol. The van der Waals surface area contributed by atoms with Crippen LogP contribution < -0.4 is 15.7 Å². The highest BCUT2D eigenvalue weighted by Gasteiger charge is 2.22. The van der Waals surface area contributed by atoms with Crippen LogP contribution >= 0.6 is 0 Å². The lowest BCUT2D eigenvalue weighted by molar-refractivity contribution is -0.540. The van der Waals surface area contributed by atoms with Crippen molar-refractivity contribution in [3.8, 4) is 11.3 Å². The van der Waals surface area contributed by atoms with Gasteiger partial charge in [0.1, 0.15) is 17.6 Å². The summed E-state index contributed by atoms with van der Waals surface area (Å²) in [4.78, 5) is 3.40. The maximum atomic E-state index is 10.9. The predicted octanol–water partition coefficient (Wildman–Crippen LogP) is 5.66. The zero-order valence-electron chi connectivity index (χ0n) is 22.9. The van der Waals surface area contributed by atoms with E-state index in [9.17, 15) is 25.7 Å². The first kappa shape index (κ1) is 32.8. The third-order valence-electron chi connectivity index (χ3n) is 5.50. The van der Waals surface area contributed by atoms with Crippen LogP contribution in [0.15, 0.2) is 77.4 Å². The van der Waals surface area contributed by atoms with Crippen molar-refractivity contribution in [2.45, 2.75) is 52.0 Å². The number of rotatable bonds is 9. The lowest BCUT2D eigenvalue weighted by atomic mass is 9.90. The first-order chi connectivity index (χ1) is 18.5. The highest BCUT2D eigenvalue weighted by Crippen LogP contribution is 2.32. The highest BCUT2D eigenvalue weighted by molar-refractivity contribution is 7.85. The maximum absolute atomic E-state index is 10.9. The number of anilines is 1. The van der Waals surface area contributed by atoms with Crippen molar-refractivity contribution in [3.63, 3.8) is 0 Å². The van der Waals surface area contributed by atoms with E-state index < -0.39 is 17.4 Å². The average molecular weight is 582 g/mol. The lowest BCUT2D eigenvalue weighted by Crippen LogP contribution is -2.81. The minimum absolute atomic E-state index is 0.0432. The van der Waals surface area contributed by atoms with Crippen molar-refractivity contribution in [2.75, 3.05) is 11.1 Å². The predicted molar refractivity (Wildman–Crippen MR) is 152 cm³/mol. The Morgan fingerprint density at radius 1 is 1.05 bits per heavy atom. The van der Waals surface area contributed by atoms with Crippen LogP contribution in [0, 0.1) is 0 Å². The second-order valence-electron chi connectivity index (χ2n) is 10.2. The van der Waals surface area contributed by atoms with Gasteiger partial charge in [-0.2, -0.15) is 8.42 Å². The molecule has 1 atom stereocenters. The van der Waals surface area contributed by atoms with Crippen LogP contribution in [0.1, 0.15) is 51.9 Å². The molecular weight excluding hydrogens is 547 g/mol. The Hall–Kier alpha value is -3.38. The summed E-state index contributed by atoms with van der Waals surface area (Å²) in [6.07, 6.45) is 8.94. The summed E-state index contributed by atoms with van der Waals surface area (Å²) in [5, 5.41) is 4.14. The third kappa shape index (κ3) is 13.1. The van der Waals surface area contributed by atoms with Crippen LogP contribution in [0.4, 0.5) is 23.0 Å². The van der Waals surface area contributed by atoms with Crippen LogP contribution in [0.3, 0.4) is 0 Å². The Bertz CT molecular complexity index is 1420. The van der Waals surface area contributed by atoms with Gasteiger partial charge in [-0.05, 0) is 49.2 Å². The fourth-order valence-electron chi connectivity index (χ4n) is 3.63. The Balaban J connectivity index is 0.00000103. The molecule has 6 nitrogen and oxygen atoms in total. The Morgan fingerprint density at radius 3 is 2.30 bits per heavy atom. The van der Waals surface area contributed by atoms with Crippen LogP contribution in [0.25, 0.3) is 17.4 Å². The minimum Gasteiger partial charge on any atom is -0.460 e. The normalized spacial score (nSPS) is 14.0. The van der Waals surface area contributed by atoms with Crippen LogP contribution in [0.5, 0.6) is 0 Å². The van der Waals surface area contributed by atoms with Crippen molar-refractivity contribution >= 4 is 29.1 Å². The van der Waals surface area contributed by atoms with Crippen molar-refractivity contribution in [1.29, 1.82) is 0 Å². The van der Waals surface area contributed by atoms with E-state index in [-0.39, 0.29) is 17.2 Å². The van der Waals surface area contributed by atoms with Gasteiger partial charge < -0.3 is 27.0 Å². The molecule has 3 rings (SSSR count). The van der Waals surface area contributed by atoms with Gasteiger partial charge in [0.05, 0.1) is 11.8 Å². The number of allylic oxidation sites excluding steroid dienone is 2. The summed E-state index contributed by atoms with van der Waals surface area (Å²) in [6.45, 7) is 8.34. The van der Waals surface area contributed by atoms with Gasteiger partial charge in [0, 0.05) is 35.4 Å². The number of benzene rings is 2. The summed E-state index contributed by atoms with van der Waals surface area (Å²) in [6, 6.07) is 18.1. The number of nitrogens with one attached hydrogen (secondary N) is 2. The fourth-order valence-corrected chi connectivity index (χ4v) is 4.16. The molecular formula is C28H35BF4N2O4S. The summed E-state index contributed by atoms with van der Waals surface area (Å²) in [5.41, 5.74) is 2.94. The smallest absolute Gasteiger partial charge is 0.460 e. The number of halogens is 4. The average Bonchev–Trinajstić information content (AvgIpc) is 2.81. The van der Waals surface area contributed by atoms with Gasteiger partial charge in [0.15, 0.2) is 0 Å². The number of para-hydroxylation sites is 1. The van der Waals surface area contributed by atoms with E-state index in [0.717, 1.165) is 33.7 Å². The van der Waals surface area contributed by atoms with E-state index in [1.54, 1.807) is 0 Å². The molecule has 218 valence electrons. The second-order valence-corrected chi connectivity index (χ2v) is 11.8. The number of fused-ring (bicyclic) bond motifs is 1. The van der Waals surface area contributed by atoms with Crippen molar-refractivity contribution in [1.82, 2.24) is 0 Å². The molecule has 40 heavy (non-hydrogen) atoms. The summed E-state index contributed by atoms with van der Waals surface area (Å²) in [5.74, 6) is 1.43. The van der Waals surface area contributed by atoms with Gasteiger partial charge in [-0.3, -0.25) is 4.55 Å². The topological polar surface area (TPSA) is 93.5 Å². The SMILES string of the molecule is CC(CCCS(=O)(=O)O)[NH+]=c1ccc2c(/C=C/C=C/Nc3ccccc3)cc(C(C)(C)C)oc-2c1.F[B-](F)(F)F. The molecule has 0 amide bonds. The Morgan fingerprint density at radius 2 is 1.70 bits per heavy atom. The Labute approximate surface area is 232 Å². The number of hydrogen-bond acceptors (Lipinski definition) is 4. The minimum atomic E-state index is -6.00. The van der Waals surface area contributed by atoms with Gasteiger partial charge in [-0.25, -0.2) is 4.99 Å². The Kier molecular flexibility index (Phi) is 11.7. The molecule has 0 fully saturated rings. The van der Waals surface area contributed by atoms with Gasteiger partial charge in [-0.15, -0.1) is 0 Å². The second kappa shape index (κ2) is 14.3. The molecule has 0 spiro atoms. The van der Waals surface area contributed by atoms with Crippen LogP contribution in [0.2, 0.25) is 0 Å². The molecule has 0 saturated carbocycles. The zero-order chi connectivity index (χ0) is 30.0. The molecule has 0 saturated heterocycles. The van der Waals surface area contributed by atoms with Gasteiger partial charge in [0.2, 0.25) is 5.36 Å². The molecule has 0 bridgehead atoms. The largest absolute Gasteiger partial charge is 0.673 e. The van der Waals surface area contributed by atoms with Crippen molar-refractivity contribution in [2.24, 2.45) is 0 Å². The molecule has 3 N–H and O–H groups in total. The van der Waals surface area contributed by atoms with Crippen molar-refractivity contribution < 1.29 is 39.6 Å². The lowest BCUT2D eigenvalue weighted by Gasteiger charge is -2.20. The number of hydrogen-bond donors (Lipinski definition) is 3. The van der Waals surface area contributed by atoms with Gasteiger partial charge in [-0.1, -0.05) is 51.1 Å². The standard InChI is InChI=1S/C28H34N2O4S.BF4/c1-21(11-10-18-35(31,32)33)30-24-15-16-25-22(19-27(28(2,3)4)34-26(25)20-24)12-8-9-17-29-23-13-6-5-7-14-23;2-1(3,4)5/h5-9,12-17,19-21,29H,10-11,18H2,1-4H3,(H,31,32,33);/q;-1/p+1/b12-8+,17-9+,30-24?;. The molecule has 12 heteroatoms. The van der Waals surface area contributed by atoms with E-state index in [4.69, 9.17) is 8.97 Å². The molecule has 1 aromatic rings. The molecule has 0 aromatic heterocycles. The molecule has 1 aliphatic heterocycles. The molecule has 1 heterocycles. The fraction of sp³-hybridized carbons (Fsp3) is 0.321. The van der Waals surface area contributed by atoms with E-state index >= 15 is 0 Å². The third-order valence-corrected chi connectivity index (χ3v) is 6.30. The quantitative estimate of drug-likeness (QED) is 0.131. The van der Waals surface area contributed by atoms with Crippen molar-refractivity contribution in [3.05, 3.63) is 89.6 Å².